The summed E-state index contributed by atoms with van der Waals surface area (Å²) in [6.45, 7) is 0. The van der Waals surface area contributed by atoms with Crippen molar-refractivity contribution in [3.8, 4) is 10.7 Å². The standard InChI is InChI=1S/C18H14FN7O2S/c19-10-4-6-11(7-5-10)26-14(15(20)27)9-13(25-26)16(28)22-18-24-23-17(29-18)12-3-1-2-8-21-12/h1-8,14H,9H2,(H2,20,27)(H,22,24,28). The molecular formula is C18H14FN7O2S. The van der Waals surface area contributed by atoms with E-state index in [9.17, 15) is 14.0 Å². The smallest absolute Gasteiger partial charge is 0.273 e. The molecule has 0 spiro atoms. The number of hydrazone groups is 1. The largest absolute Gasteiger partial charge is 0.368 e. The Morgan fingerprint density at radius 2 is 1.97 bits per heavy atom. The third-order valence-corrected chi connectivity index (χ3v) is 4.98. The normalized spacial score (nSPS) is 15.8. The number of carbonyl (C=O) groups is 2. The minimum absolute atomic E-state index is 0.0183. The first-order chi connectivity index (χ1) is 14.0. The summed E-state index contributed by atoms with van der Waals surface area (Å²) in [6, 6.07) is 9.93. The van der Waals surface area contributed by atoms with Gasteiger partial charge < -0.3 is 5.73 Å². The van der Waals surface area contributed by atoms with Crippen LogP contribution in [-0.4, -0.2) is 38.7 Å². The Balaban J connectivity index is 1.52. The fourth-order valence-corrected chi connectivity index (χ4v) is 3.45. The van der Waals surface area contributed by atoms with Crippen LogP contribution < -0.4 is 16.1 Å². The number of pyridine rings is 1. The molecule has 1 unspecified atom stereocenters. The van der Waals surface area contributed by atoms with E-state index in [0.717, 1.165) is 11.3 Å². The van der Waals surface area contributed by atoms with Gasteiger partial charge in [0.05, 0.1) is 5.69 Å². The Morgan fingerprint density at radius 1 is 1.17 bits per heavy atom. The first-order valence-electron chi connectivity index (χ1n) is 8.49. The molecule has 2 aromatic heterocycles. The molecule has 0 saturated carbocycles. The molecule has 29 heavy (non-hydrogen) atoms. The molecule has 3 heterocycles. The number of aromatic nitrogens is 3. The van der Waals surface area contributed by atoms with E-state index in [1.807, 2.05) is 6.07 Å². The van der Waals surface area contributed by atoms with Crippen molar-refractivity contribution in [1.29, 1.82) is 0 Å². The second-order valence-corrected chi connectivity index (χ2v) is 7.05. The second-order valence-electron chi connectivity index (χ2n) is 6.07. The summed E-state index contributed by atoms with van der Waals surface area (Å²) >= 11 is 1.16. The minimum Gasteiger partial charge on any atom is -0.368 e. The van der Waals surface area contributed by atoms with Crippen molar-refractivity contribution in [2.24, 2.45) is 10.8 Å². The van der Waals surface area contributed by atoms with E-state index in [-0.39, 0.29) is 17.3 Å². The summed E-state index contributed by atoms with van der Waals surface area (Å²) < 4.78 is 13.2. The van der Waals surface area contributed by atoms with Crippen molar-refractivity contribution in [2.45, 2.75) is 12.5 Å². The van der Waals surface area contributed by atoms with Gasteiger partial charge in [-0.1, -0.05) is 17.4 Å². The third-order valence-electron chi connectivity index (χ3n) is 4.12. The van der Waals surface area contributed by atoms with Crippen molar-refractivity contribution in [2.75, 3.05) is 10.3 Å². The maximum absolute atomic E-state index is 13.2. The van der Waals surface area contributed by atoms with Gasteiger partial charge in [-0.2, -0.15) is 5.10 Å². The number of nitrogens with one attached hydrogen (secondary N) is 1. The van der Waals surface area contributed by atoms with Crippen molar-refractivity contribution >= 4 is 39.7 Å². The van der Waals surface area contributed by atoms with Gasteiger partial charge in [0.1, 0.15) is 23.3 Å². The molecule has 0 saturated heterocycles. The Hall–Kier alpha value is -3.73. The van der Waals surface area contributed by atoms with Crippen molar-refractivity contribution in [3.63, 3.8) is 0 Å². The van der Waals surface area contributed by atoms with Crippen LogP contribution in [0.5, 0.6) is 0 Å². The fourth-order valence-electron chi connectivity index (χ4n) is 2.74. The van der Waals surface area contributed by atoms with Crippen LogP contribution in [-0.2, 0) is 9.59 Å². The lowest BCUT2D eigenvalue weighted by Crippen LogP contribution is -2.39. The average molecular weight is 411 g/mol. The van der Waals surface area contributed by atoms with E-state index in [4.69, 9.17) is 5.73 Å². The highest BCUT2D eigenvalue weighted by atomic mass is 32.1. The lowest BCUT2D eigenvalue weighted by Gasteiger charge is -2.20. The molecular weight excluding hydrogens is 397 g/mol. The maximum atomic E-state index is 13.2. The van der Waals surface area contributed by atoms with Gasteiger partial charge in [-0.25, -0.2) is 4.39 Å². The number of hydrogen-bond acceptors (Lipinski definition) is 8. The van der Waals surface area contributed by atoms with Crippen LogP contribution in [0.1, 0.15) is 6.42 Å². The number of amides is 2. The van der Waals surface area contributed by atoms with Crippen LogP contribution in [0, 0.1) is 5.82 Å². The number of benzene rings is 1. The van der Waals surface area contributed by atoms with Crippen molar-refractivity contribution in [1.82, 2.24) is 15.2 Å². The van der Waals surface area contributed by atoms with Crippen LogP contribution in [0.3, 0.4) is 0 Å². The van der Waals surface area contributed by atoms with Crippen LogP contribution in [0.15, 0.2) is 53.8 Å². The highest BCUT2D eigenvalue weighted by Crippen LogP contribution is 2.27. The Bertz CT molecular complexity index is 1090. The predicted octanol–water partition coefficient (Wildman–Crippen LogP) is 1.80. The molecule has 1 aliphatic heterocycles. The maximum Gasteiger partial charge on any atom is 0.273 e. The topological polar surface area (TPSA) is 126 Å². The minimum atomic E-state index is -0.847. The highest BCUT2D eigenvalue weighted by molar-refractivity contribution is 7.18. The highest BCUT2D eigenvalue weighted by Gasteiger charge is 2.35. The molecule has 0 radical (unpaired) electrons. The van der Waals surface area contributed by atoms with Gasteiger partial charge in [0.15, 0.2) is 5.01 Å². The number of nitrogens with two attached hydrogens (primary N) is 1. The van der Waals surface area contributed by atoms with Crippen LogP contribution in [0.4, 0.5) is 15.2 Å². The summed E-state index contributed by atoms with van der Waals surface area (Å²) in [7, 11) is 0. The molecule has 3 N–H and O–H groups in total. The molecule has 2 amide bonds. The molecule has 0 bridgehead atoms. The van der Waals surface area contributed by atoms with E-state index in [1.54, 1.807) is 18.3 Å². The van der Waals surface area contributed by atoms with Crippen molar-refractivity contribution < 1.29 is 14.0 Å². The first kappa shape index (κ1) is 18.6. The number of halogens is 1. The van der Waals surface area contributed by atoms with E-state index in [2.05, 4.69) is 25.6 Å². The second kappa shape index (κ2) is 7.72. The number of rotatable bonds is 5. The van der Waals surface area contributed by atoms with Gasteiger partial charge in [-0.3, -0.25) is 24.9 Å². The van der Waals surface area contributed by atoms with E-state index in [0.29, 0.717) is 16.4 Å². The molecule has 1 aromatic carbocycles. The first-order valence-corrected chi connectivity index (χ1v) is 9.31. The van der Waals surface area contributed by atoms with Gasteiger partial charge in [0.25, 0.3) is 5.91 Å². The van der Waals surface area contributed by atoms with Crippen LogP contribution in [0.2, 0.25) is 0 Å². The number of carbonyl (C=O) groups excluding carboxylic acids is 2. The zero-order chi connectivity index (χ0) is 20.4. The van der Waals surface area contributed by atoms with Gasteiger partial charge in [-0.05, 0) is 36.4 Å². The quantitative estimate of drug-likeness (QED) is 0.659. The summed E-state index contributed by atoms with van der Waals surface area (Å²) in [6.07, 6.45) is 1.65. The van der Waals surface area contributed by atoms with Gasteiger partial charge in [-0.15, -0.1) is 10.2 Å². The van der Waals surface area contributed by atoms with E-state index in [1.165, 1.54) is 29.3 Å². The van der Waals surface area contributed by atoms with E-state index >= 15 is 0 Å². The van der Waals surface area contributed by atoms with Gasteiger partial charge in [0, 0.05) is 12.6 Å². The summed E-state index contributed by atoms with van der Waals surface area (Å²) in [5.74, 6) is -1.59. The lowest BCUT2D eigenvalue weighted by atomic mass is 10.1. The fraction of sp³-hybridized carbons (Fsp3) is 0.111. The number of hydrogen-bond donors (Lipinski definition) is 2. The number of primary amides is 1. The number of anilines is 2. The zero-order valence-electron chi connectivity index (χ0n) is 14.8. The predicted molar refractivity (Wildman–Crippen MR) is 106 cm³/mol. The zero-order valence-corrected chi connectivity index (χ0v) is 15.6. The van der Waals surface area contributed by atoms with Crippen LogP contribution in [0.25, 0.3) is 10.7 Å². The molecule has 0 fully saturated rings. The summed E-state index contributed by atoms with van der Waals surface area (Å²) in [5.41, 5.74) is 6.64. The SMILES string of the molecule is NC(=O)C1CC(C(=O)Nc2nnc(-c3ccccn3)s2)=NN1c1ccc(F)cc1. The molecule has 1 atom stereocenters. The Kier molecular flexibility index (Phi) is 4.96. The van der Waals surface area contributed by atoms with Crippen LogP contribution >= 0.6 is 11.3 Å². The summed E-state index contributed by atoms with van der Waals surface area (Å²) in [4.78, 5) is 28.6. The van der Waals surface area contributed by atoms with Gasteiger partial charge in [0.2, 0.25) is 11.0 Å². The molecule has 11 heteroatoms. The molecule has 0 aliphatic carbocycles. The molecule has 9 nitrogen and oxygen atoms in total. The Morgan fingerprint density at radius 3 is 2.66 bits per heavy atom. The van der Waals surface area contributed by atoms with E-state index < -0.39 is 23.7 Å². The molecule has 3 aromatic rings. The number of nitrogens with zero attached hydrogens (tertiary/aromatic N) is 5. The Labute approximate surface area is 168 Å². The molecule has 146 valence electrons. The van der Waals surface area contributed by atoms with Gasteiger partial charge >= 0.3 is 0 Å². The molecule has 4 rings (SSSR count). The average Bonchev–Trinajstić information content (AvgIpc) is 3.37. The summed E-state index contributed by atoms with van der Waals surface area (Å²) in [5, 5.41) is 16.9. The lowest BCUT2D eigenvalue weighted by molar-refractivity contribution is -0.119. The molecule has 1 aliphatic rings. The van der Waals surface area contributed by atoms with Crippen molar-refractivity contribution in [3.05, 3.63) is 54.5 Å². The third kappa shape index (κ3) is 3.94. The monoisotopic (exact) mass is 411 g/mol.